The smallest absolute Gasteiger partial charge is 0.0190 e. The van der Waals surface area contributed by atoms with Crippen LogP contribution in [0.5, 0.6) is 0 Å². The molecule has 3 aromatic carbocycles. The third-order valence-electron chi connectivity index (χ3n) is 8.61. The van der Waals surface area contributed by atoms with Crippen LogP contribution < -0.4 is 0 Å². The van der Waals surface area contributed by atoms with Crippen molar-refractivity contribution >= 4 is 0 Å². The van der Waals surface area contributed by atoms with Crippen LogP contribution in [0, 0.1) is 26.0 Å². The predicted molar refractivity (Wildman–Crippen MR) is 176 cm³/mol. The molecule has 0 N–H and O–H groups in total. The molecule has 2 aromatic heterocycles. The van der Waals surface area contributed by atoms with Crippen LogP contribution in [0.1, 0.15) is 87.4 Å². The van der Waals surface area contributed by atoms with E-state index in [0.29, 0.717) is 0 Å². The SMILES string of the molecule is CC(C)(C)c1ccnc(-c2[c-]ccc3c2C(C)(C)c2ccccc2C3(C)C)c1.Cc1c[c-]c(-c2ccc(C)cn2)cc1.[Ir]. The number of pyridine rings is 2. The summed E-state index contributed by atoms with van der Waals surface area (Å²) >= 11 is 0. The van der Waals surface area contributed by atoms with Crippen molar-refractivity contribution in [3.05, 3.63) is 142 Å². The molecule has 0 atom stereocenters. The number of fused-ring (bicyclic) bond motifs is 2. The molecular formula is C40H42IrN2-2. The van der Waals surface area contributed by atoms with Crippen molar-refractivity contribution in [3.63, 3.8) is 0 Å². The number of aromatic nitrogens is 2. The second kappa shape index (κ2) is 12.3. The van der Waals surface area contributed by atoms with E-state index in [1.54, 1.807) is 0 Å². The van der Waals surface area contributed by atoms with E-state index in [2.05, 4.69) is 133 Å². The predicted octanol–water partition coefficient (Wildman–Crippen LogP) is 9.97. The van der Waals surface area contributed by atoms with Crippen LogP contribution in [0.15, 0.2) is 91.3 Å². The molecule has 43 heavy (non-hydrogen) atoms. The van der Waals surface area contributed by atoms with Crippen LogP contribution in [0.3, 0.4) is 0 Å². The van der Waals surface area contributed by atoms with Gasteiger partial charge in [-0.2, -0.15) is 0 Å². The summed E-state index contributed by atoms with van der Waals surface area (Å²) in [5, 5.41) is 0. The zero-order valence-electron chi connectivity index (χ0n) is 26.9. The molecule has 1 aliphatic carbocycles. The molecule has 0 unspecified atom stereocenters. The second-order valence-electron chi connectivity index (χ2n) is 13.6. The molecule has 2 heterocycles. The van der Waals surface area contributed by atoms with Crippen molar-refractivity contribution in [2.75, 3.05) is 0 Å². The Bertz CT molecular complexity index is 1660. The average molecular weight is 743 g/mol. The van der Waals surface area contributed by atoms with Gasteiger partial charge >= 0.3 is 0 Å². The van der Waals surface area contributed by atoms with Gasteiger partial charge in [-0.05, 0) is 62.9 Å². The van der Waals surface area contributed by atoms with E-state index >= 15 is 0 Å². The Labute approximate surface area is 272 Å². The Morgan fingerprint density at radius 1 is 0.674 bits per heavy atom. The van der Waals surface area contributed by atoms with E-state index in [0.717, 1.165) is 22.5 Å². The first kappa shape index (κ1) is 32.5. The van der Waals surface area contributed by atoms with Crippen LogP contribution in [0.2, 0.25) is 0 Å². The Kier molecular flexibility index (Phi) is 9.31. The quantitative estimate of drug-likeness (QED) is 0.168. The van der Waals surface area contributed by atoms with Crippen molar-refractivity contribution in [1.29, 1.82) is 0 Å². The fraction of sp³-hybridized carbons (Fsp3) is 0.300. The Morgan fingerprint density at radius 3 is 1.95 bits per heavy atom. The molecule has 223 valence electrons. The zero-order chi connectivity index (χ0) is 30.3. The van der Waals surface area contributed by atoms with Crippen LogP contribution >= 0.6 is 0 Å². The Hall–Kier alpha value is -3.39. The maximum atomic E-state index is 4.77. The van der Waals surface area contributed by atoms with Crippen LogP contribution in [-0.4, -0.2) is 9.97 Å². The fourth-order valence-corrected chi connectivity index (χ4v) is 6.05. The van der Waals surface area contributed by atoms with Gasteiger partial charge in [0.25, 0.3) is 0 Å². The zero-order valence-corrected chi connectivity index (χ0v) is 29.3. The average Bonchev–Trinajstić information content (AvgIpc) is 2.97. The van der Waals surface area contributed by atoms with Gasteiger partial charge in [0.1, 0.15) is 0 Å². The Morgan fingerprint density at radius 2 is 1.35 bits per heavy atom. The number of hydrogen-bond donors (Lipinski definition) is 0. The van der Waals surface area contributed by atoms with Gasteiger partial charge < -0.3 is 9.97 Å². The largest absolute Gasteiger partial charge is 0.305 e. The van der Waals surface area contributed by atoms with E-state index in [1.807, 2.05) is 37.5 Å². The minimum absolute atomic E-state index is 0. The fourth-order valence-electron chi connectivity index (χ4n) is 6.05. The normalized spacial score (nSPS) is 14.3. The molecule has 0 spiro atoms. The van der Waals surface area contributed by atoms with Gasteiger partial charge in [0.05, 0.1) is 0 Å². The number of rotatable bonds is 2. The molecule has 1 radical (unpaired) electrons. The number of aryl methyl sites for hydroxylation is 2. The first-order chi connectivity index (χ1) is 19.8. The maximum Gasteiger partial charge on any atom is 0.0190 e. The summed E-state index contributed by atoms with van der Waals surface area (Å²) < 4.78 is 0. The molecule has 0 amide bonds. The summed E-state index contributed by atoms with van der Waals surface area (Å²) in [6.07, 6.45) is 3.82. The number of hydrogen-bond acceptors (Lipinski definition) is 2. The molecule has 2 nitrogen and oxygen atoms in total. The van der Waals surface area contributed by atoms with E-state index in [9.17, 15) is 0 Å². The summed E-state index contributed by atoms with van der Waals surface area (Å²) in [6, 6.07) is 34.6. The van der Waals surface area contributed by atoms with Gasteiger partial charge in [0.2, 0.25) is 0 Å². The standard InChI is InChI=1S/C27H30N.C13H12N.Ir/c1-25(2,3)18-15-16-28-23(17-18)19-11-10-14-22-24(19)27(6,7)21-13-9-8-12-20(21)26(22,4)5;1-10-3-6-12(7-4-10)13-8-5-11(2)9-14-13;/h8-10,12-17H,1-7H3;3-6,8-9H,1-2H3;/q2*-1;. The molecule has 6 rings (SSSR count). The minimum Gasteiger partial charge on any atom is -0.305 e. The van der Waals surface area contributed by atoms with Gasteiger partial charge in [-0.25, -0.2) is 0 Å². The van der Waals surface area contributed by atoms with Crippen molar-refractivity contribution in [3.8, 4) is 22.5 Å². The number of benzene rings is 3. The van der Waals surface area contributed by atoms with E-state index in [1.165, 1.54) is 38.9 Å². The topological polar surface area (TPSA) is 25.8 Å². The molecule has 1 aliphatic rings. The molecule has 3 heteroatoms. The second-order valence-corrected chi connectivity index (χ2v) is 13.6. The van der Waals surface area contributed by atoms with Gasteiger partial charge in [0, 0.05) is 32.5 Å². The van der Waals surface area contributed by atoms with Crippen LogP contribution in [0.25, 0.3) is 22.5 Å². The van der Waals surface area contributed by atoms with E-state index in [4.69, 9.17) is 4.98 Å². The monoisotopic (exact) mass is 743 g/mol. The van der Waals surface area contributed by atoms with Gasteiger partial charge in [-0.1, -0.05) is 97.9 Å². The van der Waals surface area contributed by atoms with Gasteiger partial charge in [-0.15, -0.1) is 70.3 Å². The van der Waals surface area contributed by atoms with Crippen molar-refractivity contribution < 1.29 is 20.1 Å². The van der Waals surface area contributed by atoms with Gasteiger partial charge in [-0.3, -0.25) is 0 Å². The molecule has 0 fully saturated rings. The van der Waals surface area contributed by atoms with Crippen LogP contribution in [-0.2, 0) is 36.4 Å². The van der Waals surface area contributed by atoms with E-state index in [-0.39, 0.29) is 36.4 Å². The minimum atomic E-state index is -0.103. The van der Waals surface area contributed by atoms with Crippen molar-refractivity contribution in [2.24, 2.45) is 0 Å². The van der Waals surface area contributed by atoms with Crippen molar-refractivity contribution in [1.82, 2.24) is 9.97 Å². The van der Waals surface area contributed by atoms with Crippen LogP contribution in [0.4, 0.5) is 0 Å². The molecular weight excluding hydrogens is 701 g/mol. The number of nitrogens with zero attached hydrogens (tertiary/aromatic N) is 2. The maximum absolute atomic E-state index is 4.77. The summed E-state index contributed by atoms with van der Waals surface area (Å²) in [6.45, 7) is 20.2. The summed E-state index contributed by atoms with van der Waals surface area (Å²) in [4.78, 5) is 9.12. The molecule has 0 saturated carbocycles. The third-order valence-corrected chi connectivity index (χ3v) is 8.61. The molecule has 5 aromatic rings. The summed E-state index contributed by atoms with van der Waals surface area (Å²) in [5.41, 5.74) is 13.4. The molecule has 0 bridgehead atoms. The van der Waals surface area contributed by atoms with Crippen molar-refractivity contribution in [2.45, 2.75) is 78.6 Å². The van der Waals surface area contributed by atoms with Gasteiger partial charge in [0.15, 0.2) is 0 Å². The summed E-state index contributed by atoms with van der Waals surface area (Å²) in [5.74, 6) is 0. The molecule has 0 aliphatic heterocycles. The van der Waals surface area contributed by atoms with E-state index < -0.39 is 0 Å². The summed E-state index contributed by atoms with van der Waals surface area (Å²) in [7, 11) is 0. The first-order valence-electron chi connectivity index (χ1n) is 14.8. The Balaban J connectivity index is 0.000000238. The third kappa shape index (κ3) is 6.44. The molecule has 0 saturated heterocycles. The first-order valence-corrected chi connectivity index (χ1v) is 14.8.